The summed E-state index contributed by atoms with van der Waals surface area (Å²) in [5.74, 6) is -0.189. The topological polar surface area (TPSA) is 61.6 Å². The Hall–Kier alpha value is -0.650. The number of carbonyl (C=O) groups excluding carboxylic acids is 1. The van der Waals surface area contributed by atoms with Gasteiger partial charge in [-0.15, -0.1) is 0 Å². The van der Waals surface area contributed by atoms with Crippen LogP contribution in [0.2, 0.25) is 0 Å². The van der Waals surface area contributed by atoms with Crippen molar-refractivity contribution in [2.45, 2.75) is 57.2 Å². The van der Waals surface area contributed by atoms with E-state index in [1.54, 1.807) is 0 Å². The molecule has 3 N–H and O–H groups in total. The van der Waals surface area contributed by atoms with E-state index in [-0.39, 0.29) is 5.91 Å². The van der Waals surface area contributed by atoms with Gasteiger partial charge in [-0.05, 0) is 46.6 Å². The Kier molecular flexibility index (Phi) is 5.04. The number of hydrogen-bond donors (Lipinski definition) is 2. The van der Waals surface area contributed by atoms with E-state index >= 15 is 0 Å². The molecule has 2 atom stereocenters. The van der Waals surface area contributed by atoms with Crippen LogP contribution in [0.5, 0.6) is 0 Å². The second-order valence-electron chi connectivity index (χ2n) is 6.61. The van der Waals surface area contributed by atoms with E-state index in [1.165, 1.54) is 6.42 Å². The minimum atomic E-state index is -0.488. The summed E-state index contributed by atoms with van der Waals surface area (Å²) in [6, 6.07) is 1.13. The third-order valence-electron chi connectivity index (χ3n) is 5.27. The second kappa shape index (κ2) is 6.41. The first-order chi connectivity index (χ1) is 9.48. The van der Waals surface area contributed by atoms with E-state index in [4.69, 9.17) is 5.73 Å². The molecule has 2 unspecified atom stereocenters. The zero-order valence-corrected chi connectivity index (χ0v) is 13.2. The van der Waals surface area contributed by atoms with Crippen LogP contribution >= 0.6 is 0 Å². The SMILES string of the molecule is CNC1(C(N)=O)CCCC(N2CCN(C(C)C)CC2)C1. The van der Waals surface area contributed by atoms with Gasteiger partial charge in [-0.2, -0.15) is 0 Å². The molecular formula is C15H30N4O. The first kappa shape index (κ1) is 15.7. The molecule has 0 radical (unpaired) electrons. The fraction of sp³-hybridized carbons (Fsp3) is 0.933. The highest BCUT2D eigenvalue weighted by Gasteiger charge is 2.42. The summed E-state index contributed by atoms with van der Waals surface area (Å²) in [4.78, 5) is 16.9. The van der Waals surface area contributed by atoms with Gasteiger partial charge < -0.3 is 11.1 Å². The standard InChI is InChI=1S/C15H30N4O/c1-12(2)18-7-9-19(10-8-18)13-5-4-6-15(11-13,17-3)14(16)20/h12-13,17H,4-11H2,1-3H3,(H2,16,20). The summed E-state index contributed by atoms with van der Waals surface area (Å²) < 4.78 is 0. The molecule has 1 saturated heterocycles. The number of likely N-dealkylation sites (N-methyl/N-ethyl adjacent to an activating group) is 1. The highest BCUT2D eigenvalue weighted by molar-refractivity contribution is 5.84. The lowest BCUT2D eigenvalue weighted by Crippen LogP contribution is -2.61. The van der Waals surface area contributed by atoms with Crippen molar-refractivity contribution in [2.24, 2.45) is 5.73 Å². The molecule has 0 spiro atoms. The van der Waals surface area contributed by atoms with Crippen molar-refractivity contribution < 1.29 is 4.79 Å². The van der Waals surface area contributed by atoms with Crippen molar-refractivity contribution >= 4 is 5.91 Å². The van der Waals surface area contributed by atoms with Gasteiger partial charge in [-0.1, -0.05) is 0 Å². The van der Waals surface area contributed by atoms with Gasteiger partial charge in [0.1, 0.15) is 0 Å². The molecule has 2 rings (SSSR count). The van der Waals surface area contributed by atoms with Crippen LogP contribution < -0.4 is 11.1 Å². The third-order valence-corrected chi connectivity index (χ3v) is 5.27. The maximum Gasteiger partial charge on any atom is 0.237 e. The highest BCUT2D eigenvalue weighted by atomic mass is 16.1. The van der Waals surface area contributed by atoms with Crippen molar-refractivity contribution in [3.63, 3.8) is 0 Å². The average Bonchev–Trinajstić information content (AvgIpc) is 2.47. The smallest absolute Gasteiger partial charge is 0.237 e. The molecule has 2 fully saturated rings. The summed E-state index contributed by atoms with van der Waals surface area (Å²) in [5.41, 5.74) is 5.15. The number of nitrogens with two attached hydrogens (primary N) is 1. The lowest BCUT2D eigenvalue weighted by atomic mass is 9.77. The van der Waals surface area contributed by atoms with Crippen LogP contribution in [0.4, 0.5) is 0 Å². The number of piperazine rings is 1. The number of rotatable bonds is 4. The molecule has 0 aromatic rings. The molecular weight excluding hydrogens is 252 g/mol. The average molecular weight is 282 g/mol. The van der Waals surface area contributed by atoms with E-state index in [0.29, 0.717) is 12.1 Å². The predicted molar refractivity (Wildman–Crippen MR) is 81.5 cm³/mol. The number of nitrogens with zero attached hydrogens (tertiary/aromatic N) is 2. The summed E-state index contributed by atoms with van der Waals surface area (Å²) in [6.07, 6.45) is 4.01. The molecule has 1 amide bonds. The maximum absolute atomic E-state index is 11.8. The van der Waals surface area contributed by atoms with Crippen molar-refractivity contribution in [1.82, 2.24) is 15.1 Å². The van der Waals surface area contributed by atoms with Crippen molar-refractivity contribution in [3.8, 4) is 0 Å². The fourth-order valence-electron chi connectivity index (χ4n) is 3.75. The van der Waals surface area contributed by atoms with Gasteiger partial charge in [-0.25, -0.2) is 0 Å². The number of carbonyl (C=O) groups is 1. The van der Waals surface area contributed by atoms with Gasteiger partial charge in [0.15, 0.2) is 0 Å². The molecule has 2 aliphatic rings. The number of nitrogens with one attached hydrogen (secondary N) is 1. The van der Waals surface area contributed by atoms with Gasteiger partial charge >= 0.3 is 0 Å². The molecule has 0 aromatic carbocycles. The molecule has 20 heavy (non-hydrogen) atoms. The van der Waals surface area contributed by atoms with Crippen molar-refractivity contribution in [1.29, 1.82) is 0 Å². The Bertz CT molecular complexity index is 339. The molecule has 5 heteroatoms. The van der Waals surface area contributed by atoms with Crippen LogP contribution in [-0.4, -0.2) is 66.6 Å². The Morgan fingerprint density at radius 1 is 1.30 bits per heavy atom. The Morgan fingerprint density at radius 2 is 1.95 bits per heavy atom. The molecule has 116 valence electrons. The summed E-state index contributed by atoms with van der Waals surface area (Å²) in [6.45, 7) is 9.02. The quantitative estimate of drug-likeness (QED) is 0.783. The normalized spacial score (nSPS) is 33.5. The van der Waals surface area contributed by atoms with E-state index in [0.717, 1.165) is 45.4 Å². The van der Waals surface area contributed by atoms with Crippen molar-refractivity contribution in [3.05, 3.63) is 0 Å². The minimum Gasteiger partial charge on any atom is -0.368 e. The number of primary amides is 1. The van der Waals surface area contributed by atoms with E-state index in [1.807, 2.05) is 7.05 Å². The molecule has 1 heterocycles. The molecule has 1 saturated carbocycles. The summed E-state index contributed by atoms with van der Waals surface area (Å²) in [5, 5.41) is 3.20. The Balaban J connectivity index is 1.95. The first-order valence-electron chi connectivity index (χ1n) is 7.95. The minimum absolute atomic E-state index is 0.189. The zero-order valence-electron chi connectivity index (χ0n) is 13.2. The molecule has 1 aliphatic heterocycles. The van der Waals surface area contributed by atoms with E-state index < -0.39 is 5.54 Å². The lowest BCUT2D eigenvalue weighted by molar-refractivity contribution is -0.126. The summed E-state index contributed by atoms with van der Waals surface area (Å²) >= 11 is 0. The maximum atomic E-state index is 11.8. The highest BCUT2D eigenvalue weighted by Crippen LogP contribution is 2.31. The van der Waals surface area contributed by atoms with Gasteiger partial charge in [-0.3, -0.25) is 14.6 Å². The van der Waals surface area contributed by atoms with Gasteiger partial charge in [0.2, 0.25) is 5.91 Å². The monoisotopic (exact) mass is 282 g/mol. The van der Waals surface area contributed by atoms with E-state index in [9.17, 15) is 4.79 Å². The van der Waals surface area contributed by atoms with Crippen LogP contribution in [0, 0.1) is 0 Å². The largest absolute Gasteiger partial charge is 0.368 e. The van der Waals surface area contributed by atoms with E-state index in [2.05, 4.69) is 29.0 Å². The van der Waals surface area contributed by atoms with Gasteiger partial charge in [0.05, 0.1) is 5.54 Å². The number of amides is 1. The molecule has 0 bridgehead atoms. The second-order valence-corrected chi connectivity index (χ2v) is 6.61. The lowest BCUT2D eigenvalue weighted by Gasteiger charge is -2.46. The molecule has 5 nitrogen and oxygen atoms in total. The van der Waals surface area contributed by atoms with Gasteiger partial charge in [0.25, 0.3) is 0 Å². The van der Waals surface area contributed by atoms with Crippen LogP contribution in [0.15, 0.2) is 0 Å². The van der Waals surface area contributed by atoms with Crippen molar-refractivity contribution in [2.75, 3.05) is 33.2 Å². The van der Waals surface area contributed by atoms with Crippen LogP contribution in [-0.2, 0) is 4.79 Å². The summed E-state index contributed by atoms with van der Waals surface area (Å²) in [7, 11) is 1.86. The van der Waals surface area contributed by atoms with Gasteiger partial charge in [0, 0.05) is 38.3 Å². The zero-order chi connectivity index (χ0) is 14.8. The third kappa shape index (κ3) is 3.15. The van der Waals surface area contributed by atoms with Crippen LogP contribution in [0.25, 0.3) is 0 Å². The molecule has 1 aliphatic carbocycles. The fourth-order valence-corrected chi connectivity index (χ4v) is 3.75. The predicted octanol–water partition coefficient (Wildman–Crippen LogP) is 0.399. The number of hydrogen-bond acceptors (Lipinski definition) is 4. The Labute approximate surface area is 122 Å². The van der Waals surface area contributed by atoms with Crippen LogP contribution in [0.1, 0.15) is 39.5 Å². The Morgan fingerprint density at radius 3 is 2.45 bits per heavy atom. The molecule has 0 aromatic heterocycles. The first-order valence-corrected chi connectivity index (χ1v) is 7.95. The van der Waals surface area contributed by atoms with Crippen LogP contribution in [0.3, 0.4) is 0 Å².